The van der Waals surface area contributed by atoms with Crippen LogP contribution >= 0.6 is 11.8 Å². The van der Waals surface area contributed by atoms with Crippen molar-refractivity contribution in [3.8, 4) is 0 Å². The molecule has 1 atom stereocenters. The molecule has 1 aromatic carbocycles. The Balaban J connectivity index is 2.65. The highest BCUT2D eigenvalue weighted by Gasteiger charge is 2.22. The van der Waals surface area contributed by atoms with Crippen molar-refractivity contribution in [2.75, 3.05) is 18.9 Å². The van der Waals surface area contributed by atoms with Gasteiger partial charge in [-0.2, -0.15) is 0 Å². The van der Waals surface area contributed by atoms with Crippen molar-refractivity contribution < 1.29 is 5.11 Å². The third kappa shape index (κ3) is 4.34. The third-order valence-electron chi connectivity index (χ3n) is 2.83. The number of likely N-dealkylation sites (N-methyl/N-ethyl adjacent to an activating group) is 1. The summed E-state index contributed by atoms with van der Waals surface area (Å²) in [6.45, 7) is 9.42. The maximum atomic E-state index is 9.43. The number of rotatable bonds is 6. The summed E-state index contributed by atoms with van der Waals surface area (Å²) >= 11 is 1.80. The van der Waals surface area contributed by atoms with Gasteiger partial charge < -0.3 is 10.4 Å². The minimum absolute atomic E-state index is 0.165. The van der Waals surface area contributed by atoms with Gasteiger partial charge in [0.25, 0.3) is 0 Å². The van der Waals surface area contributed by atoms with E-state index in [9.17, 15) is 5.11 Å². The molecule has 3 heteroatoms. The van der Waals surface area contributed by atoms with Crippen molar-refractivity contribution in [2.24, 2.45) is 0 Å². The molecule has 96 valence electrons. The first kappa shape index (κ1) is 14.6. The van der Waals surface area contributed by atoms with Crippen LogP contribution < -0.4 is 5.32 Å². The summed E-state index contributed by atoms with van der Waals surface area (Å²) in [5.74, 6) is 0.876. The average molecular weight is 253 g/mol. The molecule has 0 saturated heterocycles. The van der Waals surface area contributed by atoms with Crippen molar-refractivity contribution in [2.45, 2.75) is 38.1 Å². The highest BCUT2D eigenvalue weighted by atomic mass is 32.2. The molecule has 0 bridgehead atoms. The van der Waals surface area contributed by atoms with Crippen LogP contribution in [0.3, 0.4) is 0 Å². The van der Waals surface area contributed by atoms with E-state index in [2.05, 4.69) is 51.2 Å². The van der Waals surface area contributed by atoms with Gasteiger partial charge in [0.05, 0.1) is 6.61 Å². The first-order valence-electron chi connectivity index (χ1n) is 6.06. The smallest absolute Gasteiger partial charge is 0.0618 e. The number of hydrogen-bond acceptors (Lipinski definition) is 3. The van der Waals surface area contributed by atoms with Crippen molar-refractivity contribution in [3.63, 3.8) is 0 Å². The van der Waals surface area contributed by atoms with E-state index in [1.165, 1.54) is 16.0 Å². The Bertz CT molecular complexity index is 367. The predicted molar refractivity (Wildman–Crippen MR) is 75.8 cm³/mol. The van der Waals surface area contributed by atoms with E-state index in [1.807, 2.05) is 0 Å². The van der Waals surface area contributed by atoms with Crippen molar-refractivity contribution >= 4 is 11.8 Å². The van der Waals surface area contributed by atoms with Crippen LogP contribution in [-0.4, -0.2) is 29.5 Å². The number of thioether (sulfide) groups is 1. The molecule has 0 fully saturated rings. The lowest BCUT2D eigenvalue weighted by molar-refractivity contribution is 0.194. The van der Waals surface area contributed by atoms with Gasteiger partial charge in [0.2, 0.25) is 0 Å². The second-order valence-electron chi connectivity index (χ2n) is 4.81. The molecule has 2 nitrogen and oxygen atoms in total. The quantitative estimate of drug-likeness (QED) is 0.765. The van der Waals surface area contributed by atoms with E-state index in [-0.39, 0.29) is 12.1 Å². The molecule has 0 heterocycles. The number of aryl methyl sites for hydroxylation is 2. The summed E-state index contributed by atoms with van der Waals surface area (Å²) in [6, 6.07) is 6.50. The Morgan fingerprint density at radius 3 is 2.59 bits per heavy atom. The van der Waals surface area contributed by atoms with E-state index in [4.69, 9.17) is 0 Å². The Morgan fingerprint density at radius 2 is 2.06 bits per heavy atom. The molecule has 2 N–H and O–H groups in total. The SMILES string of the molecule is CCNC(C)(CO)CSc1ccc(C)cc1C. The molecule has 1 rings (SSSR count). The lowest BCUT2D eigenvalue weighted by atomic mass is 10.1. The van der Waals surface area contributed by atoms with Gasteiger partial charge in [-0.25, -0.2) is 0 Å². The van der Waals surface area contributed by atoms with Gasteiger partial charge in [-0.3, -0.25) is 0 Å². The minimum atomic E-state index is -0.198. The van der Waals surface area contributed by atoms with E-state index < -0.39 is 0 Å². The molecule has 0 radical (unpaired) electrons. The zero-order chi connectivity index (χ0) is 12.9. The highest BCUT2D eigenvalue weighted by Crippen LogP contribution is 2.26. The number of aliphatic hydroxyl groups excluding tert-OH is 1. The summed E-state index contributed by atoms with van der Waals surface area (Å²) in [4.78, 5) is 1.30. The van der Waals surface area contributed by atoms with Gasteiger partial charge in [-0.05, 0) is 38.9 Å². The molecule has 0 saturated carbocycles. The Kier molecular flexibility index (Phi) is 5.50. The minimum Gasteiger partial charge on any atom is -0.394 e. The molecule has 0 aromatic heterocycles. The zero-order valence-corrected chi connectivity index (χ0v) is 12.0. The number of benzene rings is 1. The highest BCUT2D eigenvalue weighted by molar-refractivity contribution is 7.99. The van der Waals surface area contributed by atoms with Crippen molar-refractivity contribution in [3.05, 3.63) is 29.3 Å². The van der Waals surface area contributed by atoms with Crippen LogP contribution in [-0.2, 0) is 0 Å². The van der Waals surface area contributed by atoms with Crippen LogP contribution in [0.15, 0.2) is 23.1 Å². The normalized spacial score (nSPS) is 14.6. The second kappa shape index (κ2) is 6.43. The van der Waals surface area contributed by atoms with E-state index >= 15 is 0 Å². The van der Waals surface area contributed by atoms with Crippen LogP contribution in [0.5, 0.6) is 0 Å². The maximum Gasteiger partial charge on any atom is 0.0618 e. The first-order valence-corrected chi connectivity index (χ1v) is 7.05. The van der Waals surface area contributed by atoms with Crippen molar-refractivity contribution in [1.82, 2.24) is 5.32 Å². The molecule has 0 spiro atoms. The number of aliphatic hydroxyl groups is 1. The average Bonchev–Trinajstić information content (AvgIpc) is 2.28. The number of nitrogens with one attached hydrogen (secondary N) is 1. The largest absolute Gasteiger partial charge is 0.394 e. The molecule has 0 aliphatic heterocycles. The summed E-state index contributed by atoms with van der Waals surface area (Å²) in [5, 5.41) is 12.8. The second-order valence-corrected chi connectivity index (χ2v) is 5.82. The van der Waals surface area contributed by atoms with Crippen LogP contribution in [0.4, 0.5) is 0 Å². The van der Waals surface area contributed by atoms with E-state index in [0.29, 0.717) is 0 Å². The monoisotopic (exact) mass is 253 g/mol. The van der Waals surface area contributed by atoms with Gasteiger partial charge in [0, 0.05) is 16.2 Å². The van der Waals surface area contributed by atoms with Gasteiger partial charge >= 0.3 is 0 Å². The summed E-state index contributed by atoms with van der Waals surface area (Å²) in [5.41, 5.74) is 2.41. The molecule has 1 aromatic rings. The molecule has 1 unspecified atom stereocenters. The maximum absolute atomic E-state index is 9.43. The van der Waals surface area contributed by atoms with Gasteiger partial charge in [-0.1, -0.05) is 24.6 Å². The lowest BCUT2D eigenvalue weighted by Gasteiger charge is -2.28. The van der Waals surface area contributed by atoms with Gasteiger partial charge in [0.15, 0.2) is 0 Å². The third-order valence-corrected chi connectivity index (χ3v) is 4.38. The molecule has 0 aliphatic carbocycles. The van der Waals surface area contributed by atoms with Gasteiger partial charge in [0.1, 0.15) is 0 Å². The van der Waals surface area contributed by atoms with Crippen LogP contribution in [0.25, 0.3) is 0 Å². The summed E-state index contributed by atoms with van der Waals surface area (Å²) in [7, 11) is 0. The molecular formula is C14H23NOS. The molecule has 0 aliphatic rings. The molecule has 0 amide bonds. The fourth-order valence-corrected chi connectivity index (χ4v) is 2.90. The topological polar surface area (TPSA) is 32.3 Å². The fraction of sp³-hybridized carbons (Fsp3) is 0.571. The predicted octanol–water partition coefficient (Wildman–Crippen LogP) is 2.76. The fourth-order valence-electron chi connectivity index (χ4n) is 1.78. The molecule has 17 heavy (non-hydrogen) atoms. The zero-order valence-electron chi connectivity index (χ0n) is 11.2. The van der Waals surface area contributed by atoms with Gasteiger partial charge in [-0.15, -0.1) is 11.8 Å². The Morgan fingerprint density at radius 1 is 1.35 bits per heavy atom. The van der Waals surface area contributed by atoms with Crippen LogP contribution in [0, 0.1) is 13.8 Å². The van der Waals surface area contributed by atoms with E-state index in [0.717, 1.165) is 12.3 Å². The summed E-state index contributed by atoms with van der Waals surface area (Å²) < 4.78 is 0. The van der Waals surface area contributed by atoms with Crippen LogP contribution in [0.2, 0.25) is 0 Å². The Hall–Kier alpha value is -0.510. The first-order chi connectivity index (χ1) is 8.00. The Labute approximate surface area is 109 Å². The summed E-state index contributed by atoms with van der Waals surface area (Å²) in [6.07, 6.45) is 0. The molecular weight excluding hydrogens is 230 g/mol. The van der Waals surface area contributed by atoms with Crippen molar-refractivity contribution in [1.29, 1.82) is 0 Å². The van der Waals surface area contributed by atoms with E-state index in [1.54, 1.807) is 11.8 Å². The number of hydrogen-bond donors (Lipinski definition) is 2. The van der Waals surface area contributed by atoms with Crippen LogP contribution in [0.1, 0.15) is 25.0 Å². The standard InChI is InChI=1S/C14H23NOS/c1-5-15-14(4,9-16)10-17-13-7-6-11(2)8-12(13)3/h6-8,15-16H,5,9-10H2,1-4H3. The lowest BCUT2D eigenvalue weighted by Crippen LogP contribution is -2.47.